The van der Waals surface area contributed by atoms with Crippen LogP contribution in [0.25, 0.3) is 0 Å². The van der Waals surface area contributed by atoms with E-state index in [2.05, 4.69) is 5.32 Å². The van der Waals surface area contributed by atoms with Crippen LogP contribution in [0.3, 0.4) is 0 Å². The average Bonchev–Trinajstić information content (AvgIpc) is 2.33. The van der Waals surface area contributed by atoms with Gasteiger partial charge >= 0.3 is 6.18 Å². The minimum Gasteiger partial charge on any atom is -0.394 e. The third-order valence-electron chi connectivity index (χ3n) is 2.24. The fourth-order valence-corrected chi connectivity index (χ4v) is 1.40. The smallest absolute Gasteiger partial charge is 0.394 e. The second kappa shape index (κ2) is 7.35. The molecular formula is C12H16F3NO2. The molecule has 0 aliphatic rings. The van der Waals surface area contributed by atoms with Crippen molar-refractivity contribution in [3.05, 3.63) is 35.4 Å². The van der Waals surface area contributed by atoms with Gasteiger partial charge in [-0.2, -0.15) is 13.2 Å². The van der Waals surface area contributed by atoms with E-state index in [9.17, 15) is 13.2 Å². The van der Waals surface area contributed by atoms with E-state index >= 15 is 0 Å². The largest absolute Gasteiger partial charge is 0.416 e. The van der Waals surface area contributed by atoms with Crippen LogP contribution in [-0.2, 0) is 17.5 Å². The second-order valence-corrected chi connectivity index (χ2v) is 3.71. The fraction of sp³-hybridized carbons (Fsp3) is 0.500. The summed E-state index contributed by atoms with van der Waals surface area (Å²) in [6.07, 6.45) is -4.31. The van der Waals surface area contributed by atoms with E-state index in [0.717, 1.165) is 12.1 Å². The molecule has 0 aromatic heterocycles. The Hall–Kier alpha value is -1.11. The minimum atomic E-state index is -4.31. The molecule has 0 saturated carbocycles. The Kier molecular flexibility index (Phi) is 6.11. The highest BCUT2D eigenvalue weighted by Gasteiger charge is 2.30. The standard InChI is InChI=1S/C12H16F3NO2/c13-12(14,15)11-3-1-2-10(8-11)9-16-4-6-18-7-5-17/h1-3,8,16-17H,4-7,9H2. The van der Waals surface area contributed by atoms with Crippen molar-refractivity contribution in [3.63, 3.8) is 0 Å². The molecule has 1 aromatic carbocycles. The summed E-state index contributed by atoms with van der Waals surface area (Å²) in [6.45, 7) is 1.53. The summed E-state index contributed by atoms with van der Waals surface area (Å²) in [5.41, 5.74) is -0.0645. The molecule has 0 spiro atoms. The highest BCUT2D eigenvalue weighted by molar-refractivity contribution is 5.25. The van der Waals surface area contributed by atoms with Crippen molar-refractivity contribution in [2.75, 3.05) is 26.4 Å². The van der Waals surface area contributed by atoms with Crippen LogP contribution in [0.2, 0.25) is 0 Å². The minimum absolute atomic E-state index is 0.0341. The van der Waals surface area contributed by atoms with Gasteiger partial charge < -0.3 is 15.2 Å². The lowest BCUT2D eigenvalue weighted by Crippen LogP contribution is -2.20. The molecule has 102 valence electrons. The van der Waals surface area contributed by atoms with Crippen LogP contribution >= 0.6 is 0 Å². The van der Waals surface area contributed by atoms with Gasteiger partial charge in [0.05, 0.1) is 25.4 Å². The first-order valence-corrected chi connectivity index (χ1v) is 5.59. The number of hydrogen-bond donors (Lipinski definition) is 2. The summed E-state index contributed by atoms with van der Waals surface area (Å²) in [5, 5.41) is 11.4. The molecule has 6 heteroatoms. The molecule has 18 heavy (non-hydrogen) atoms. The highest BCUT2D eigenvalue weighted by Crippen LogP contribution is 2.29. The summed E-state index contributed by atoms with van der Waals surface area (Å²) in [5.74, 6) is 0. The first-order chi connectivity index (χ1) is 8.54. The number of alkyl halides is 3. The maximum Gasteiger partial charge on any atom is 0.416 e. The summed E-state index contributed by atoms with van der Waals surface area (Å²) in [6, 6.07) is 5.20. The first-order valence-electron chi connectivity index (χ1n) is 5.59. The topological polar surface area (TPSA) is 41.5 Å². The molecule has 0 aliphatic carbocycles. The molecule has 0 heterocycles. The monoisotopic (exact) mass is 263 g/mol. The van der Waals surface area contributed by atoms with Gasteiger partial charge in [0.2, 0.25) is 0 Å². The maximum atomic E-state index is 12.4. The van der Waals surface area contributed by atoms with E-state index in [0.29, 0.717) is 25.3 Å². The molecule has 0 amide bonds. The molecule has 1 rings (SSSR count). The van der Waals surface area contributed by atoms with Gasteiger partial charge in [0.25, 0.3) is 0 Å². The van der Waals surface area contributed by atoms with Crippen molar-refractivity contribution in [2.24, 2.45) is 0 Å². The van der Waals surface area contributed by atoms with Crippen LogP contribution in [0.4, 0.5) is 13.2 Å². The van der Waals surface area contributed by atoms with Crippen molar-refractivity contribution >= 4 is 0 Å². The number of nitrogens with one attached hydrogen (secondary N) is 1. The lowest BCUT2D eigenvalue weighted by atomic mass is 10.1. The second-order valence-electron chi connectivity index (χ2n) is 3.71. The number of hydrogen-bond acceptors (Lipinski definition) is 3. The number of ether oxygens (including phenoxy) is 1. The summed E-state index contributed by atoms with van der Waals surface area (Å²) in [7, 11) is 0. The zero-order valence-electron chi connectivity index (χ0n) is 9.83. The van der Waals surface area contributed by atoms with E-state index in [4.69, 9.17) is 9.84 Å². The number of rotatable bonds is 7. The average molecular weight is 263 g/mol. The highest BCUT2D eigenvalue weighted by atomic mass is 19.4. The predicted octanol–water partition coefficient (Wildman–Crippen LogP) is 1.80. The van der Waals surface area contributed by atoms with Gasteiger partial charge in [0.1, 0.15) is 0 Å². The molecule has 0 aliphatic heterocycles. The Labute approximate surface area is 104 Å². The van der Waals surface area contributed by atoms with Gasteiger partial charge in [-0.1, -0.05) is 18.2 Å². The molecular weight excluding hydrogens is 247 g/mol. The normalized spacial score (nSPS) is 11.8. The molecule has 2 N–H and O–H groups in total. The van der Waals surface area contributed by atoms with Crippen molar-refractivity contribution in [1.29, 1.82) is 0 Å². The first kappa shape index (κ1) is 14.9. The third kappa shape index (κ3) is 5.48. The molecule has 0 atom stereocenters. The van der Waals surface area contributed by atoms with Gasteiger partial charge in [-0.25, -0.2) is 0 Å². The molecule has 0 unspecified atom stereocenters. The molecule has 0 radical (unpaired) electrons. The van der Waals surface area contributed by atoms with Crippen molar-refractivity contribution < 1.29 is 23.0 Å². The Bertz CT molecular complexity index is 355. The van der Waals surface area contributed by atoms with Crippen molar-refractivity contribution in [3.8, 4) is 0 Å². The predicted molar refractivity (Wildman–Crippen MR) is 61.1 cm³/mol. The molecule has 0 bridgehead atoms. The number of benzene rings is 1. The van der Waals surface area contributed by atoms with E-state index < -0.39 is 11.7 Å². The third-order valence-corrected chi connectivity index (χ3v) is 2.24. The van der Waals surface area contributed by atoms with E-state index in [-0.39, 0.29) is 13.2 Å². The quantitative estimate of drug-likeness (QED) is 0.737. The van der Waals surface area contributed by atoms with Crippen LogP contribution in [0.5, 0.6) is 0 Å². The van der Waals surface area contributed by atoms with E-state index in [1.807, 2.05) is 0 Å². The van der Waals surface area contributed by atoms with Crippen molar-refractivity contribution in [1.82, 2.24) is 5.32 Å². The SMILES string of the molecule is OCCOCCNCc1cccc(C(F)(F)F)c1. The lowest BCUT2D eigenvalue weighted by molar-refractivity contribution is -0.137. The Morgan fingerprint density at radius 3 is 2.67 bits per heavy atom. The zero-order valence-corrected chi connectivity index (χ0v) is 9.83. The molecule has 3 nitrogen and oxygen atoms in total. The van der Waals surface area contributed by atoms with E-state index in [1.54, 1.807) is 6.07 Å². The summed E-state index contributed by atoms with van der Waals surface area (Å²) in [4.78, 5) is 0. The van der Waals surface area contributed by atoms with Gasteiger partial charge in [0.15, 0.2) is 0 Å². The van der Waals surface area contributed by atoms with Gasteiger partial charge in [-0.15, -0.1) is 0 Å². The number of aliphatic hydroxyl groups is 1. The molecule has 0 saturated heterocycles. The van der Waals surface area contributed by atoms with Crippen LogP contribution in [0.15, 0.2) is 24.3 Å². The lowest BCUT2D eigenvalue weighted by Gasteiger charge is -2.09. The number of aliphatic hydroxyl groups excluding tert-OH is 1. The van der Waals surface area contributed by atoms with Crippen LogP contribution in [0.1, 0.15) is 11.1 Å². The van der Waals surface area contributed by atoms with Crippen LogP contribution < -0.4 is 5.32 Å². The molecule has 0 fully saturated rings. The Morgan fingerprint density at radius 1 is 1.22 bits per heavy atom. The van der Waals surface area contributed by atoms with E-state index in [1.165, 1.54) is 6.07 Å². The maximum absolute atomic E-state index is 12.4. The van der Waals surface area contributed by atoms with Crippen molar-refractivity contribution in [2.45, 2.75) is 12.7 Å². The van der Waals surface area contributed by atoms with Gasteiger partial charge in [0, 0.05) is 13.1 Å². The summed E-state index contributed by atoms with van der Waals surface area (Å²) >= 11 is 0. The van der Waals surface area contributed by atoms with Gasteiger partial charge in [-0.05, 0) is 11.6 Å². The Morgan fingerprint density at radius 2 is 2.00 bits per heavy atom. The summed E-state index contributed by atoms with van der Waals surface area (Å²) < 4.78 is 42.3. The fourth-order valence-electron chi connectivity index (χ4n) is 1.40. The van der Waals surface area contributed by atoms with Crippen LogP contribution in [-0.4, -0.2) is 31.5 Å². The zero-order chi connectivity index (χ0) is 13.4. The molecule has 1 aromatic rings. The Balaban J connectivity index is 2.34. The number of halogens is 3. The van der Waals surface area contributed by atoms with Crippen LogP contribution in [0, 0.1) is 0 Å². The van der Waals surface area contributed by atoms with Gasteiger partial charge in [-0.3, -0.25) is 0 Å².